The van der Waals surface area contributed by atoms with E-state index in [2.05, 4.69) is 65.0 Å². The van der Waals surface area contributed by atoms with Crippen LogP contribution < -0.4 is 16.0 Å². The molecule has 1 aliphatic heterocycles. The molecule has 21 heavy (non-hydrogen) atoms. The van der Waals surface area contributed by atoms with Crippen LogP contribution in [0.4, 0.5) is 5.69 Å². The Labute approximate surface area is 126 Å². The third kappa shape index (κ3) is 3.56. The zero-order valence-electron chi connectivity index (χ0n) is 12.4. The van der Waals surface area contributed by atoms with Crippen LogP contribution in [0.5, 0.6) is 0 Å². The van der Waals surface area contributed by atoms with E-state index >= 15 is 0 Å². The van der Waals surface area contributed by atoms with Crippen molar-refractivity contribution < 1.29 is 0 Å². The number of benzene rings is 2. The van der Waals surface area contributed by atoms with Crippen molar-refractivity contribution in [2.45, 2.75) is 12.8 Å². The Kier molecular flexibility index (Phi) is 4.41. The smallest absolute Gasteiger partial charge is 0.0957 e. The summed E-state index contributed by atoms with van der Waals surface area (Å²) in [7, 11) is 0. The summed E-state index contributed by atoms with van der Waals surface area (Å²) in [5.41, 5.74) is 1.11. The molecule has 0 aromatic heterocycles. The minimum atomic E-state index is 0.748. The monoisotopic (exact) mass is 281 g/mol. The molecule has 0 bridgehead atoms. The van der Waals surface area contributed by atoms with Crippen molar-refractivity contribution >= 4 is 16.5 Å². The molecule has 1 aliphatic rings. The van der Waals surface area contributed by atoms with Crippen LogP contribution in [-0.4, -0.2) is 19.6 Å². The summed E-state index contributed by atoms with van der Waals surface area (Å²) in [4.78, 5) is 0. The topological polar surface area (TPSA) is 36.1 Å². The Hall–Kier alpha value is -2.00. The SMILES string of the molecule is C=C(NCC1CCNCC1)Nc1cccc2ccccc12. The zero-order valence-corrected chi connectivity index (χ0v) is 12.4. The van der Waals surface area contributed by atoms with Crippen LogP contribution in [0.3, 0.4) is 0 Å². The van der Waals surface area contributed by atoms with Gasteiger partial charge in [-0.15, -0.1) is 0 Å². The molecule has 2 aromatic carbocycles. The number of fused-ring (bicyclic) bond motifs is 1. The maximum Gasteiger partial charge on any atom is 0.0957 e. The normalized spacial score (nSPS) is 15.8. The first-order chi connectivity index (χ1) is 10.3. The van der Waals surface area contributed by atoms with Crippen molar-refractivity contribution in [1.82, 2.24) is 10.6 Å². The fourth-order valence-electron chi connectivity index (χ4n) is 2.89. The molecule has 3 heteroatoms. The van der Waals surface area contributed by atoms with Crippen LogP contribution in [0.1, 0.15) is 12.8 Å². The number of nitrogens with one attached hydrogen (secondary N) is 3. The second kappa shape index (κ2) is 6.64. The zero-order chi connectivity index (χ0) is 14.5. The summed E-state index contributed by atoms with van der Waals surface area (Å²) in [5, 5.41) is 12.7. The fourth-order valence-corrected chi connectivity index (χ4v) is 2.89. The first kappa shape index (κ1) is 14.0. The molecular formula is C18H23N3. The maximum absolute atomic E-state index is 4.10. The highest BCUT2D eigenvalue weighted by Gasteiger charge is 2.12. The highest BCUT2D eigenvalue weighted by Crippen LogP contribution is 2.23. The van der Waals surface area contributed by atoms with Gasteiger partial charge in [0.15, 0.2) is 0 Å². The number of anilines is 1. The lowest BCUT2D eigenvalue weighted by atomic mass is 9.98. The summed E-state index contributed by atoms with van der Waals surface area (Å²) < 4.78 is 0. The third-order valence-corrected chi connectivity index (χ3v) is 4.14. The lowest BCUT2D eigenvalue weighted by molar-refractivity contribution is 0.366. The summed E-state index contributed by atoms with van der Waals surface area (Å²) in [6, 6.07) is 14.7. The summed E-state index contributed by atoms with van der Waals surface area (Å²) >= 11 is 0. The van der Waals surface area contributed by atoms with Crippen molar-refractivity contribution in [1.29, 1.82) is 0 Å². The molecular weight excluding hydrogens is 258 g/mol. The molecule has 1 fully saturated rings. The van der Waals surface area contributed by atoms with E-state index in [1.807, 2.05) is 0 Å². The third-order valence-electron chi connectivity index (χ3n) is 4.14. The average molecular weight is 281 g/mol. The highest BCUT2D eigenvalue weighted by molar-refractivity contribution is 5.94. The van der Waals surface area contributed by atoms with E-state index in [4.69, 9.17) is 0 Å². The minimum absolute atomic E-state index is 0.748. The number of hydrogen-bond donors (Lipinski definition) is 3. The lowest BCUT2D eigenvalue weighted by Gasteiger charge is -2.24. The van der Waals surface area contributed by atoms with Gasteiger partial charge < -0.3 is 16.0 Å². The number of piperidine rings is 1. The van der Waals surface area contributed by atoms with Gasteiger partial charge in [-0.3, -0.25) is 0 Å². The average Bonchev–Trinajstić information content (AvgIpc) is 2.54. The van der Waals surface area contributed by atoms with Gasteiger partial charge in [0.1, 0.15) is 0 Å². The maximum atomic E-state index is 4.10. The van der Waals surface area contributed by atoms with E-state index in [1.165, 1.54) is 23.6 Å². The molecule has 0 saturated carbocycles. The van der Waals surface area contributed by atoms with Crippen molar-refractivity contribution in [3.05, 3.63) is 54.9 Å². The van der Waals surface area contributed by atoms with Crippen LogP contribution in [0.25, 0.3) is 10.8 Å². The van der Waals surface area contributed by atoms with Gasteiger partial charge in [0.25, 0.3) is 0 Å². The quantitative estimate of drug-likeness (QED) is 0.787. The Morgan fingerprint density at radius 2 is 1.86 bits per heavy atom. The Morgan fingerprint density at radius 1 is 1.10 bits per heavy atom. The summed E-state index contributed by atoms with van der Waals surface area (Å²) in [6.07, 6.45) is 2.49. The first-order valence-corrected chi connectivity index (χ1v) is 7.71. The molecule has 110 valence electrons. The minimum Gasteiger partial charge on any atom is -0.372 e. The van der Waals surface area contributed by atoms with Gasteiger partial charge in [0.05, 0.1) is 5.82 Å². The molecule has 3 rings (SSSR count). The lowest BCUT2D eigenvalue weighted by Crippen LogP contribution is -2.34. The molecule has 0 amide bonds. The van der Waals surface area contributed by atoms with E-state index in [1.54, 1.807) is 0 Å². The van der Waals surface area contributed by atoms with Crippen LogP contribution in [-0.2, 0) is 0 Å². The van der Waals surface area contributed by atoms with Gasteiger partial charge in [-0.05, 0) is 43.3 Å². The molecule has 1 saturated heterocycles. The predicted molar refractivity (Wildman–Crippen MR) is 90.3 cm³/mol. The molecule has 0 aliphatic carbocycles. The Bertz CT molecular complexity index is 609. The van der Waals surface area contributed by atoms with Gasteiger partial charge in [-0.25, -0.2) is 0 Å². The molecule has 0 atom stereocenters. The van der Waals surface area contributed by atoms with Crippen LogP contribution in [0, 0.1) is 5.92 Å². The van der Waals surface area contributed by atoms with Crippen molar-refractivity contribution in [3.63, 3.8) is 0 Å². The van der Waals surface area contributed by atoms with Crippen molar-refractivity contribution in [2.75, 3.05) is 25.0 Å². The standard InChI is InChI=1S/C18H23N3/c1-14(20-13-15-9-11-19-12-10-15)21-18-8-4-6-16-5-2-3-7-17(16)18/h2-8,15,19-21H,1,9-13H2. The fraction of sp³-hybridized carbons (Fsp3) is 0.333. The second-order valence-electron chi connectivity index (χ2n) is 5.70. The molecule has 3 N–H and O–H groups in total. The largest absolute Gasteiger partial charge is 0.372 e. The van der Waals surface area contributed by atoms with E-state index in [-0.39, 0.29) is 0 Å². The van der Waals surface area contributed by atoms with Crippen LogP contribution in [0.15, 0.2) is 54.9 Å². The summed E-state index contributed by atoms with van der Waals surface area (Å²) in [5.74, 6) is 1.63. The van der Waals surface area contributed by atoms with Crippen molar-refractivity contribution in [2.24, 2.45) is 5.92 Å². The van der Waals surface area contributed by atoms with Gasteiger partial charge in [0, 0.05) is 17.6 Å². The molecule has 0 spiro atoms. The van der Waals surface area contributed by atoms with Crippen molar-refractivity contribution in [3.8, 4) is 0 Å². The highest BCUT2D eigenvalue weighted by atomic mass is 15.1. The van der Waals surface area contributed by atoms with E-state index in [0.717, 1.165) is 37.1 Å². The van der Waals surface area contributed by atoms with Crippen LogP contribution in [0.2, 0.25) is 0 Å². The number of hydrogen-bond acceptors (Lipinski definition) is 3. The molecule has 1 heterocycles. The predicted octanol–water partition coefficient (Wildman–Crippen LogP) is 3.31. The first-order valence-electron chi connectivity index (χ1n) is 7.71. The summed E-state index contributed by atoms with van der Waals surface area (Å²) in [6.45, 7) is 7.37. The van der Waals surface area contributed by atoms with Gasteiger partial charge >= 0.3 is 0 Å². The van der Waals surface area contributed by atoms with Crippen LogP contribution >= 0.6 is 0 Å². The Balaban J connectivity index is 1.61. The van der Waals surface area contributed by atoms with E-state index in [9.17, 15) is 0 Å². The van der Waals surface area contributed by atoms with Gasteiger partial charge in [0.2, 0.25) is 0 Å². The van der Waals surface area contributed by atoms with Gasteiger partial charge in [-0.1, -0.05) is 43.0 Å². The molecule has 3 nitrogen and oxygen atoms in total. The second-order valence-corrected chi connectivity index (χ2v) is 5.70. The molecule has 2 aromatic rings. The Morgan fingerprint density at radius 3 is 2.71 bits per heavy atom. The van der Waals surface area contributed by atoms with E-state index in [0.29, 0.717) is 0 Å². The molecule has 0 radical (unpaired) electrons. The number of rotatable bonds is 5. The van der Waals surface area contributed by atoms with E-state index < -0.39 is 0 Å². The van der Waals surface area contributed by atoms with Gasteiger partial charge in [-0.2, -0.15) is 0 Å². The molecule has 0 unspecified atom stereocenters.